The Kier molecular flexibility index (Phi) is 3.27. The number of hydrogen-bond donors (Lipinski definition) is 0. The Labute approximate surface area is 65.9 Å². The van der Waals surface area contributed by atoms with Crippen molar-refractivity contribution in [3.63, 3.8) is 0 Å². The third-order valence-electron chi connectivity index (χ3n) is 0.553. The number of halogens is 7. The fourth-order valence-electron chi connectivity index (χ4n) is 0.0958. The van der Waals surface area contributed by atoms with Crippen LogP contribution in [0, 0.1) is 0 Å². The van der Waals surface area contributed by atoms with E-state index < -0.39 is 23.7 Å². The summed E-state index contributed by atoms with van der Waals surface area (Å²) in [6, 6.07) is 0. The van der Waals surface area contributed by atoms with Crippen LogP contribution in [0.25, 0.3) is 0 Å². The van der Waals surface area contributed by atoms with Crippen LogP contribution in [-0.4, -0.2) is 23.7 Å². The summed E-state index contributed by atoms with van der Waals surface area (Å²) in [5, 5.41) is 0. The summed E-state index contributed by atoms with van der Waals surface area (Å²) >= 11 is -4.08. The van der Waals surface area contributed by atoms with Crippen molar-refractivity contribution in [1.82, 2.24) is 0 Å². The molecule has 0 saturated heterocycles. The fraction of sp³-hybridized carbons (Fsp3) is 1.00. The van der Waals surface area contributed by atoms with E-state index in [-0.39, 0.29) is 0 Å². The fourth-order valence-corrected chi connectivity index (χ4v) is 1.49. The quantitative estimate of drug-likeness (QED) is 0.505. The summed E-state index contributed by atoms with van der Waals surface area (Å²) in [4.78, 5) is 0. The van der Waals surface area contributed by atoms with Crippen molar-refractivity contribution in [1.29, 1.82) is 0 Å². The van der Waals surface area contributed by atoms with Gasteiger partial charge in [0.15, 0.2) is 0 Å². The van der Waals surface area contributed by atoms with E-state index in [1.807, 2.05) is 0 Å². The molecule has 10 heavy (non-hydrogen) atoms. The molecule has 0 aromatic heterocycles. The first-order chi connectivity index (χ1) is 4.19. The maximum atomic E-state index is 11.7. The number of hydrogen-bond acceptors (Lipinski definition) is 0. The summed E-state index contributed by atoms with van der Waals surface area (Å²) in [6.07, 6.45) is -5.61. The van der Waals surface area contributed by atoms with E-state index in [9.17, 15) is 22.0 Å². The van der Waals surface area contributed by atoms with E-state index in [0.717, 1.165) is 0 Å². The molecule has 0 aromatic rings. The second-order valence-electron chi connectivity index (χ2n) is 1.27. The molecule has 0 aliphatic heterocycles. The second kappa shape index (κ2) is 3.03. The Balaban J connectivity index is 4.40. The van der Waals surface area contributed by atoms with E-state index in [4.69, 9.17) is 0 Å². The molecule has 0 nitrogen and oxygen atoms in total. The zero-order chi connectivity index (χ0) is 8.58. The zero-order valence-electron chi connectivity index (χ0n) is 4.09. The predicted molar refractivity (Wildman–Crippen MR) is 28.5 cm³/mol. The van der Waals surface area contributed by atoms with Gasteiger partial charge in [0.25, 0.3) is 0 Å². The third-order valence-corrected chi connectivity index (χ3v) is 4.18. The summed E-state index contributed by atoms with van der Waals surface area (Å²) in [5.41, 5.74) is 0. The van der Waals surface area contributed by atoms with Gasteiger partial charge < -0.3 is 0 Å². The van der Waals surface area contributed by atoms with Gasteiger partial charge in [0.2, 0.25) is 0 Å². The van der Waals surface area contributed by atoms with Crippen LogP contribution in [-0.2, 0) is 0 Å². The van der Waals surface area contributed by atoms with Gasteiger partial charge in [0, 0.05) is 0 Å². The molecule has 0 unspecified atom stereocenters. The molecule has 0 amide bonds. The molecule has 0 aliphatic rings. The molecule has 0 aliphatic carbocycles. The minimum atomic E-state index is -5.61. The van der Waals surface area contributed by atoms with Gasteiger partial charge in [-0.2, -0.15) is 0 Å². The van der Waals surface area contributed by atoms with Crippen molar-refractivity contribution >= 4 is 32.7 Å². The monoisotopic (exact) mass is 264 g/mol. The molecule has 0 radical (unpaired) electrons. The standard InChI is InChI=1S/C2AsCl2F5/c4-3(5)1(6,7)2(8,9)10. The van der Waals surface area contributed by atoms with Gasteiger partial charge in [0.1, 0.15) is 0 Å². The van der Waals surface area contributed by atoms with E-state index in [1.54, 1.807) is 0 Å². The van der Waals surface area contributed by atoms with Gasteiger partial charge in [-0.3, -0.25) is 0 Å². The zero-order valence-corrected chi connectivity index (χ0v) is 7.48. The van der Waals surface area contributed by atoms with E-state index in [1.165, 1.54) is 0 Å². The molecule has 0 bridgehead atoms. The van der Waals surface area contributed by atoms with Crippen LogP contribution in [0.4, 0.5) is 22.0 Å². The Hall–Kier alpha value is 0.788. The normalized spacial score (nSPS) is 14.4. The SMILES string of the molecule is FC(F)(F)C(F)(F)[As](Cl)Cl. The van der Waals surface area contributed by atoms with Crippen molar-refractivity contribution in [3.05, 3.63) is 0 Å². The molecule has 0 N–H and O–H groups in total. The first-order valence-corrected chi connectivity index (χ1v) is 7.63. The van der Waals surface area contributed by atoms with Crippen molar-refractivity contribution < 1.29 is 22.0 Å². The third kappa shape index (κ3) is 2.14. The summed E-state index contributed by atoms with van der Waals surface area (Å²) in [5.74, 6) is 0. The van der Waals surface area contributed by atoms with Crippen LogP contribution in [0.5, 0.6) is 0 Å². The van der Waals surface area contributed by atoms with Crippen molar-refractivity contribution in [2.24, 2.45) is 0 Å². The molecule has 62 valence electrons. The Morgan fingerprint density at radius 3 is 1.20 bits per heavy atom. The average molecular weight is 265 g/mol. The van der Waals surface area contributed by atoms with Gasteiger partial charge in [0.05, 0.1) is 0 Å². The minimum absolute atomic E-state index is 4.08. The first-order valence-electron chi connectivity index (χ1n) is 1.76. The second-order valence-corrected chi connectivity index (χ2v) is 7.84. The molecular weight excluding hydrogens is 265 g/mol. The van der Waals surface area contributed by atoms with Crippen LogP contribution in [0.3, 0.4) is 0 Å². The molecule has 0 heterocycles. The predicted octanol–water partition coefficient (Wildman–Crippen LogP) is 2.69. The molecule has 0 saturated carbocycles. The van der Waals surface area contributed by atoms with Crippen molar-refractivity contribution in [2.75, 3.05) is 0 Å². The summed E-state index contributed by atoms with van der Waals surface area (Å²) in [6.45, 7) is 0. The molecule has 0 fully saturated rings. The molecule has 0 aromatic carbocycles. The first kappa shape index (κ1) is 10.8. The summed E-state index contributed by atoms with van der Waals surface area (Å²) in [7, 11) is 8.99. The molecule has 0 spiro atoms. The topological polar surface area (TPSA) is 0 Å². The van der Waals surface area contributed by atoms with Crippen LogP contribution in [0.15, 0.2) is 0 Å². The van der Waals surface area contributed by atoms with E-state index in [2.05, 4.69) is 19.9 Å². The van der Waals surface area contributed by atoms with Crippen LogP contribution in [0.1, 0.15) is 0 Å². The van der Waals surface area contributed by atoms with Gasteiger partial charge >= 0.3 is 65.5 Å². The van der Waals surface area contributed by atoms with Crippen LogP contribution in [0.2, 0.25) is 0 Å². The van der Waals surface area contributed by atoms with Gasteiger partial charge in [-0.05, 0) is 0 Å². The van der Waals surface area contributed by atoms with Gasteiger partial charge in [-0.25, -0.2) is 0 Å². The van der Waals surface area contributed by atoms with Gasteiger partial charge in [-0.1, -0.05) is 0 Å². The van der Waals surface area contributed by atoms with Crippen LogP contribution < -0.4 is 0 Å². The summed E-state index contributed by atoms with van der Waals surface area (Å²) < 4.78 is 52.2. The Bertz CT molecular complexity index is 119. The van der Waals surface area contributed by atoms with Crippen molar-refractivity contribution in [3.8, 4) is 0 Å². The molecular formula is C2AsCl2F5. The van der Waals surface area contributed by atoms with Crippen molar-refractivity contribution in [2.45, 2.75) is 10.9 Å². The van der Waals surface area contributed by atoms with E-state index >= 15 is 0 Å². The number of alkyl halides is 5. The molecule has 8 heteroatoms. The van der Waals surface area contributed by atoms with E-state index in [0.29, 0.717) is 0 Å². The molecule has 0 atom stereocenters. The maximum absolute atomic E-state index is 11.7. The Morgan fingerprint density at radius 1 is 0.900 bits per heavy atom. The molecule has 0 rings (SSSR count). The Morgan fingerprint density at radius 2 is 1.20 bits per heavy atom. The average Bonchev–Trinajstić information content (AvgIpc) is 1.62. The van der Waals surface area contributed by atoms with Gasteiger partial charge in [-0.15, -0.1) is 0 Å². The van der Waals surface area contributed by atoms with Crippen LogP contribution >= 0.6 is 19.9 Å². The number of rotatable bonds is 1.